The third-order valence-electron chi connectivity index (χ3n) is 4.22. The number of benzene rings is 2. The van der Waals surface area contributed by atoms with Gasteiger partial charge in [0.15, 0.2) is 10.9 Å². The molecule has 6 heteroatoms. The largest absolute Gasteiger partial charge is 0.294 e. The summed E-state index contributed by atoms with van der Waals surface area (Å²) in [6.07, 6.45) is 1.20. The van der Waals surface area contributed by atoms with Crippen LogP contribution in [0.25, 0.3) is 10.9 Å². The first-order valence-electron chi connectivity index (χ1n) is 8.90. The average molecular weight is 401 g/mol. The number of aromatic nitrogens is 2. The average Bonchev–Trinajstić information content (AvgIpc) is 2.65. The number of nitrogens with zero attached hydrogens (tertiary/aromatic N) is 2. The Hall–Kier alpha value is -2.11. The van der Waals surface area contributed by atoms with Gasteiger partial charge in [-0.1, -0.05) is 53.7 Å². The summed E-state index contributed by atoms with van der Waals surface area (Å²) < 4.78 is 1.71. The molecule has 1 aromatic heterocycles. The van der Waals surface area contributed by atoms with E-state index in [1.807, 2.05) is 44.2 Å². The van der Waals surface area contributed by atoms with Crippen LogP contribution >= 0.6 is 23.4 Å². The molecule has 3 aromatic rings. The third kappa shape index (κ3) is 4.60. The van der Waals surface area contributed by atoms with Crippen molar-refractivity contribution in [2.45, 2.75) is 37.9 Å². The molecule has 0 atom stereocenters. The maximum atomic E-state index is 12.8. The van der Waals surface area contributed by atoms with Crippen molar-refractivity contribution in [3.05, 3.63) is 69.5 Å². The van der Waals surface area contributed by atoms with Gasteiger partial charge in [-0.2, -0.15) is 0 Å². The van der Waals surface area contributed by atoms with Crippen molar-refractivity contribution < 1.29 is 4.79 Å². The number of hydrogen-bond donors (Lipinski definition) is 0. The van der Waals surface area contributed by atoms with E-state index in [9.17, 15) is 9.59 Å². The Balaban J connectivity index is 1.75. The number of ketones is 1. The van der Waals surface area contributed by atoms with Crippen LogP contribution < -0.4 is 5.56 Å². The van der Waals surface area contributed by atoms with Crippen molar-refractivity contribution >= 4 is 40.0 Å². The molecule has 0 amide bonds. The van der Waals surface area contributed by atoms with E-state index < -0.39 is 0 Å². The molecule has 0 aliphatic rings. The zero-order chi connectivity index (χ0) is 19.4. The molecule has 2 aromatic carbocycles. The summed E-state index contributed by atoms with van der Waals surface area (Å²) >= 11 is 7.56. The van der Waals surface area contributed by atoms with Crippen LogP contribution in [0.4, 0.5) is 0 Å². The van der Waals surface area contributed by atoms with Gasteiger partial charge < -0.3 is 0 Å². The lowest BCUT2D eigenvalue weighted by molar-refractivity contribution is 0.0982. The molecule has 0 saturated carbocycles. The van der Waals surface area contributed by atoms with Crippen LogP contribution in [0.2, 0.25) is 5.02 Å². The molecule has 4 nitrogen and oxygen atoms in total. The van der Waals surface area contributed by atoms with Gasteiger partial charge in [-0.05, 0) is 38.5 Å². The van der Waals surface area contributed by atoms with Gasteiger partial charge in [0.05, 0.1) is 10.9 Å². The first kappa shape index (κ1) is 19.6. The molecule has 0 spiro atoms. The summed E-state index contributed by atoms with van der Waals surface area (Å²) in [5.41, 5.74) is 1.28. The number of carbonyl (C=O) groups excluding carboxylic acids is 1. The third-order valence-corrected chi connectivity index (χ3v) is 5.50. The van der Waals surface area contributed by atoms with Crippen molar-refractivity contribution in [2.24, 2.45) is 0 Å². The molecule has 0 radical (unpaired) electrons. The van der Waals surface area contributed by atoms with Gasteiger partial charge in [0.1, 0.15) is 0 Å². The summed E-state index contributed by atoms with van der Waals surface area (Å²) in [7, 11) is 0. The van der Waals surface area contributed by atoms with Crippen LogP contribution in [0, 0.1) is 0 Å². The minimum atomic E-state index is -0.0606. The number of rotatable bonds is 7. The Labute approximate surface area is 167 Å². The van der Waals surface area contributed by atoms with E-state index in [0.29, 0.717) is 33.3 Å². The van der Waals surface area contributed by atoms with E-state index in [1.54, 1.807) is 22.8 Å². The van der Waals surface area contributed by atoms with E-state index in [-0.39, 0.29) is 17.4 Å². The van der Waals surface area contributed by atoms with E-state index in [1.165, 1.54) is 11.8 Å². The second-order valence-electron chi connectivity index (χ2n) is 6.57. The van der Waals surface area contributed by atoms with Gasteiger partial charge in [-0.25, -0.2) is 4.98 Å². The molecule has 0 unspecified atom stereocenters. The lowest BCUT2D eigenvalue weighted by Crippen LogP contribution is -2.25. The van der Waals surface area contributed by atoms with Crippen LogP contribution in [-0.2, 0) is 0 Å². The molecule has 0 bridgehead atoms. The van der Waals surface area contributed by atoms with Gasteiger partial charge in [-0.3, -0.25) is 14.2 Å². The Morgan fingerprint density at radius 2 is 1.93 bits per heavy atom. The molecule has 3 rings (SSSR count). The van der Waals surface area contributed by atoms with Crippen LogP contribution in [-0.4, -0.2) is 21.1 Å². The molecule has 1 heterocycles. The Bertz CT molecular complexity index is 1020. The standard InChI is InChI=1S/C21H21ClN2O2S/c1-14(2)24-20(26)17-11-10-16(22)13-18(17)23-21(24)27-12-6-9-19(25)15-7-4-3-5-8-15/h3-5,7-8,10-11,13-14H,6,9,12H2,1-2H3. The normalized spacial score (nSPS) is 11.3. The van der Waals surface area contributed by atoms with Crippen molar-refractivity contribution in [2.75, 3.05) is 5.75 Å². The molecule has 0 aliphatic carbocycles. The number of thioether (sulfide) groups is 1. The number of hydrogen-bond acceptors (Lipinski definition) is 4. The summed E-state index contributed by atoms with van der Waals surface area (Å²) in [5, 5.41) is 1.79. The summed E-state index contributed by atoms with van der Waals surface area (Å²) in [5.74, 6) is 0.847. The molecule has 0 fully saturated rings. The second-order valence-corrected chi connectivity index (χ2v) is 8.06. The lowest BCUT2D eigenvalue weighted by atomic mass is 10.1. The Kier molecular flexibility index (Phi) is 6.34. The maximum absolute atomic E-state index is 12.8. The number of Topliss-reactive ketones (excluding diaryl/α,β-unsaturated/α-hetero) is 1. The first-order chi connectivity index (χ1) is 13.0. The smallest absolute Gasteiger partial charge is 0.262 e. The molecule has 0 N–H and O–H groups in total. The van der Waals surface area contributed by atoms with Crippen LogP contribution in [0.15, 0.2) is 58.5 Å². The molecular weight excluding hydrogens is 380 g/mol. The highest BCUT2D eigenvalue weighted by atomic mass is 35.5. The van der Waals surface area contributed by atoms with E-state index in [4.69, 9.17) is 11.6 Å². The SMILES string of the molecule is CC(C)n1c(SCCCC(=O)c2ccccc2)nc2cc(Cl)ccc2c1=O. The van der Waals surface area contributed by atoms with Crippen molar-refractivity contribution in [1.82, 2.24) is 9.55 Å². The predicted molar refractivity (Wildman–Crippen MR) is 112 cm³/mol. The zero-order valence-electron chi connectivity index (χ0n) is 15.3. The number of fused-ring (bicyclic) bond motifs is 1. The predicted octanol–water partition coefficient (Wildman–Crippen LogP) is 5.39. The minimum absolute atomic E-state index is 0.00136. The first-order valence-corrected chi connectivity index (χ1v) is 10.3. The molecule has 140 valence electrons. The molecule has 0 saturated heterocycles. The van der Waals surface area contributed by atoms with E-state index >= 15 is 0 Å². The van der Waals surface area contributed by atoms with Gasteiger partial charge in [0, 0.05) is 28.8 Å². The van der Waals surface area contributed by atoms with Crippen LogP contribution in [0.1, 0.15) is 43.1 Å². The summed E-state index contributed by atoms with van der Waals surface area (Å²) in [6, 6.07) is 14.4. The fraction of sp³-hybridized carbons (Fsp3) is 0.286. The van der Waals surface area contributed by atoms with Gasteiger partial charge in [0.25, 0.3) is 5.56 Å². The van der Waals surface area contributed by atoms with E-state index in [2.05, 4.69) is 4.98 Å². The monoisotopic (exact) mass is 400 g/mol. The highest BCUT2D eigenvalue weighted by molar-refractivity contribution is 7.99. The van der Waals surface area contributed by atoms with Gasteiger partial charge >= 0.3 is 0 Å². The molecule has 0 aliphatic heterocycles. The number of carbonyl (C=O) groups is 1. The van der Waals surface area contributed by atoms with Crippen LogP contribution in [0.5, 0.6) is 0 Å². The second kappa shape index (κ2) is 8.72. The van der Waals surface area contributed by atoms with Crippen molar-refractivity contribution in [3.8, 4) is 0 Å². The van der Waals surface area contributed by atoms with Crippen molar-refractivity contribution in [1.29, 1.82) is 0 Å². The lowest BCUT2D eigenvalue weighted by Gasteiger charge is -2.16. The fourth-order valence-electron chi connectivity index (χ4n) is 2.87. The van der Waals surface area contributed by atoms with Gasteiger partial charge in [-0.15, -0.1) is 0 Å². The quantitative estimate of drug-likeness (QED) is 0.231. The highest BCUT2D eigenvalue weighted by Crippen LogP contribution is 2.23. The van der Waals surface area contributed by atoms with Gasteiger partial charge in [0.2, 0.25) is 0 Å². The Morgan fingerprint density at radius 1 is 1.19 bits per heavy atom. The molecular formula is C21H21ClN2O2S. The highest BCUT2D eigenvalue weighted by Gasteiger charge is 2.14. The van der Waals surface area contributed by atoms with Crippen molar-refractivity contribution in [3.63, 3.8) is 0 Å². The summed E-state index contributed by atoms with van der Waals surface area (Å²) in [4.78, 5) is 29.7. The topological polar surface area (TPSA) is 52.0 Å². The fourth-order valence-corrected chi connectivity index (χ4v) is 4.11. The minimum Gasteiger partial charge on any atom is -0.294 e. The number of halogens is 1. The zero-order valence-corrected chi connectivity index (χ0v) is 16.9. The Morgan fingerprint density at radius 3 is 2.63 bits per heavy atom. The summed E-state index contributed by atoms with van der Waals surface area (Å²) in [6.45, 7) is 3.93. The van der Waals surface area contributed by atoms with Crippen LogP contribution in [0.3, 0.4) is 0 Å². The molecule has 27 heavy (non-hydrogen) atoms. The maximum Gasteiger partial charge on any atom is 0.262 e. The van der Waals surface area contributed by atoms with E-state index in [0.717, 1.165) is 12.0 Å².